The molecule has 1 amide bonds. The van der Waals surface area contributed by atoms with Crippen LogP contribution in [0, 0.1) is 0 Å². The predicted octanol–water partition coefficient (Wildman–Crippen LogP) is 5.26. The molecule has 0 bridgehead atoms. The molecule has 182 valence electrons. The summed E-state index contributed by atoms with van der Waals surface area (Å²) in [6, 6.07) is 13.9. The van der Waals surface area contributed by atoms with Crippen molar-refractivity contribution in [2.75, 3.05) is 13.2 Å². The summed E-state index contributed by atoms with van der Waals surface area (Å²) in [5.74, 6) is 1.64. The highest BCUT2D eigenvalue weighted by Crippen LogP contribution is 2.33. The van der Waals surface area contributed by atoms with Crippen molar-refractivity contribution in [1.29, 1.82) is 0 Å². The zero-order valence-corrected chi connectivity index (χ0v) is 21.7. The van der Waals surface area contributed by atoms with Gasteiger partial charge in [-0.1, -0.05) is 61.4 Å². The number of ether oxygens (including phenoxy) is 2. The Morgan fingerprint density at radius 3 is 2.65 bits per heavy atom. The number of carbonyl (C=O) groups is 1. The Morgan fingerprint density at radius 1 is 1.18 bits per heavy atom. The van der Waals surface area contributed by atoms with Crippen molar-refractivity contribution in [3.05, 3.63) is 58.1 Å². The van der Waals surface area contributed by atoms with Gasteiger partial charge in [-0.05, 0) is 53.4 Å². The highest BCUT2D eigenvalue weighted by molar-refractivity contribution is 9.10. The molecule has 9 heteroatoms. The van der Waals surface area contributed by atoms with Gasteiger partial charge in [-0.3, -0.25) is 4.79 Å². The van der Waals surface area contributed by atoms with Crippen molar-refractivity contribution in [3.63, 3.8) is 0 Å². The van der Waals surface area contributed by atoms with Crippen LogP contribution in [0.25, 0.3) is 0 Å². The Hall–Kier alpha value is -2.52. The van der Waals surface area contributed by atoms with E-state index in [9.17, 15) is 4.79 Å². The standard InChI is InChI=1S/C25H31BrN4O3S/c1-2-32-22-13-19(15-28-30-25(27)34-17-18-9-5-3-6-10-18)21(26)14-23(22)33-16-24(31)29-20-11-7-4-8-12-20/h3,5-6,9-10,13-15,20H,2,4,7-8,11-12,16-17H2,1H3,(H2,27,30)(H,29,31). The van der Waals surface area contributed by atoms with Crippen LogP contribution >= 0.6 is 27.7 Å². The van der Waals surface area contributed by atoms with Crippen LogP contribution < -0.4 is 20.5 Å². The third-order valence-electron chi connectivity index (χ3n) is 5.27. The number of amidine groups is 1. The first-order valence-corrected chi connectivity index (χ1v) is 13.2. The van der Waals surface area contributed by atoms with Crippen LogP contribution in [0.4, 0.5) is 0 Å². The van der Waals surface area contributed by atoms with Crippen molar-refractivity contribution in [1.82, 2.24) is 5.32 Å². The van der Waals surface area contributed by atoms with E-state index in [0.29, 0.717) is 23.3 Å². The number of carbonyl (C=O) groups excluding carboxylic acids is 1. The molecule has 3 rings (SSSR count). The molecular formula is C25H31BrN4O3S. The molecule has 2 aromatic rings. The van der Waals surface area contributed by atoms with E-state index in [1.165, 1.54) is 23.7 Å². The first-order valence-electron chi connectivity index (χ1n) is 11.5. The second-order valence-corrected chi connectivity index (χ2v) is 9.75. The molecule has 0 heterocycles. The van der Waals surface area contributed by atoms with Gasteiger partial charge in [0.05, 0.1) is 12.8 Å². The maximum absolute atomic E-state index is 12.3. The van der Waals surface area contributed by atoms with Crippen LogP contribution in [-0.4, -0.2) is 36.5 Å². The van der Waals surface area contributed by atoms with E-state index in [1.807, 2.05) is 37.3 Å². The van der Waals surface area contributed by atoms with E-state index >= 15 is 0 Å². The van der Waals surface area contributed by atoms with E-state index in [0.717, 1.165) is 41.5 Å². The summed E-state index contributed by atoms with van der Waals surface area (Å²) >= 11 is 4.96. The molecule has 34 heavy (non-hydrogen) atoms. The summed E-state index contributed by atoms with van der Waals surface area (Å²) in [6.45, 7) is 2.30. The fourth-order valence-corrected chi connectivity index (χ4v) is 4.64. The second-order valence-electron chi connectivity index (χ2n) is 7.90. The molecule has 0 spiro atoms. The monoisotopic (exact) mass is 546 g/mol. The lowest BCUT2D eigenvalue weighted by atomic mass is 9.95. The van der Waals surface area contributed by atoms with Gasteiger partial charge in [-0.25, -0.2) is 0 Å². The summed E-state index contributed by atoms with van der Waals surface area (Å²) in [7, 11) is 0. The lowest BCUT2D eigenvalue weighted by molar-refractivity contribution is -0.124. The Balaban J connectivity index is 1.58. The number of rotatable bonds is 10. The predicted molar refractivity (Wildman–Crippen MR) is 143 cm³/mol. The number of halogens is 1. The number of hydrogen-bond acceptors (Lipinski definition) is 6. The summed E-state index contributed by atoms with van der Waals surface area (Å²) < 4.78 is 12.3. The lowest BCUT2D eigenvalue weighted by Gasteiger charge is -2.22. The van der Waals surface area contributed by atoms with E-state index in [1.54, 1.807) is 18.3 Å². The summed E-state index contributed by atoms with van der Waals surface area (Å²) in [5, 5.41) is 11.6. The number of amides is 1. The maximum atomic E-state index is 12.3. The SMILES string of the molecule is CCOc1cc(C=NN=C(N)SCc2ccccc2)c(Br)cc1OCC(=O)NC1CCCCC1. The normalized spacial score (nSPS) is 14.8. The van der Waals surface area contributed by atoms with E-state index < -0.39 is 0 Å². The number of nitrogens with two attached hydrogens (primary N) is 1. The largest absolute Gasteiger partial charge is 0.490 e. The van der Waals surface area contributed by atoms with Gasteiger partial charge < -0.3 is 20.5 Å². The average molecular weight is 548 g/mol. The van der Waals surface area contributed by atoms with Crippen LogP contribution in [0.5, 0.6) is 11.5 Å². The molecule has 2 aromatic carbocycles. The molecule has 0 atom stereocenters. The maximum Gasteiger partial charge on any atom is 0.258 e. The number of benzene rings is 2. The molecule has 1 aliphatic carbocycles. The molecular weight excluding hydrogens is 516 g/mol. The Bertz CT molecular complexity index is 995. The van der Waals surface area contributed by atoms with E-state index in [4.69, 9.17) is 15.2 Å². The van der Waals surface area contributed by atoms with E-state index in [-0.39, 0.29) is 18.6 Å². The van der Waals surface area contributed by atoms with Crippen molar-refractivity contribution >= 4 is 45.0 Å². The molecule has 1 saturated carbocycles. The second kappa shape index (κ2) is 14.0. The minimum absolute atomic E-state index is 0.0596. The fourth-order valence-electron chi connectivity index (χ4n) is 3.60. The molecule has 1 aliphatic rings. The zero-order valence-electron chi connectivity index (χ0n) is 19.3. The highest BCUT2D eigenvalue weighted by Gasteiger charge is 2.17. The third kappa shape index (κ3) is 8.68. The molecule has 0 saturated heterocycles. The molecule has 0 aliphatic heterocycles. The van der Waals surface area contributed by atoms with Crippen molar-refractivity contribution < 1.29 is 14.3 Å². The van der Waals surface area contributed by atoms with Gasteiger partial charge in [0.15, 0.2) is 23.3 Å². The number of nitrogens with zero attached hydrogens (tertiary/aromatic N) is 2. The van der Waals surface area contributed by atoms with Gasteiger partial charge in [-0.15, -0.1) is 5.10 Å². The van der Waals surface area contributed by atoms with Crippen LogP contribution in [0.2, 0.25) is 0 Å². The van der Waals surface area contributed by atoms with Crippen LogP contribution in [0.3, 0.4) is 0 Å². The van der Waals surface area contributed by atoms with Crippen molar-refractivity contribution in [2.45, 2.75) is 50.8 Å². The lowest BCUT2D eigenvalue weighted by Crippen LogP contribution is -2.39. The highest BCUT2D eigenvalue weighted by atomic mass is 79.9. The molecule has 1 fully saturated rings. The molecule has 3 N–H and O–H groups in total. The fraction of sp³-hybridized carbons (Fsp3) is 0.400. The Kier molecular flexibility index (Phi) is 10.8. The summed E-state index contributed by atoms with van der Waals surface area (Å²) in [6.07, 6.45) is 7.24. The summed E-state index contributed by atoms with van der Waals surface area (Å²) in [4.78, 5) is 12.3. The smallest absolute Gasteiger partial charge is 0.258 e. The van der Waals surface area contributed by atoms with Crippen molar-refractivity contribution in [3.8, 4) is 11.5 Å². The van der Waals surface area contributed by atoms with Gasteiger partial charge in [0.2, 0.25) is 0 Å². The topological polar surface area (TPSA) is 98.3 Å². The van der Waals surface area contributed by atoms with Crippen LogP contribution in [0.15, 0.2) is 57.1 Å². The minimum Gasteiger partial charge on any atom is -0.490 e. The van der Waals surface area contributed by atoms with Gasteiger partial charge in [0, 0.05) is 21.8 Å². The first kappa shape index (κ1) is 26.1. The van der Waals surface area contributed by atoms with Gasteiger partial charge in [0.25, 0.3) is 5.91 Å². The molecule has 0 unspecified atom stereocenters. The zero-order chi connectivity index (χ0) is 24.2. The minimum atomic E-state index is -0.117. The first-order chi connectivity index (χ1) is 16.5. The third-order valence-corrected chi connectivity index (χ3v) is 6.82. The molecule has 7 nitrogen and oxygen atoms in total. The van der Waals surface area contributed by atoms with E-state index in [2.05, 4.69) is 31.4 Å². The van der Waals surface area contributed by atoms with Gasteiger partial charge in [0.1, 0.15) is 0 Å². The van der Waals surface area contributed by atoms with Crippen LogP contribution in [0.1, 0.15) is 50.2 Å². The summed E-state index contributed by atoms with van der Waals surface area (Å²) in [5.41, 5.74) is 7.89. The molecule has 0 radical (unpaired) electrons. The Labute approximate surface area is 213 Å². The quantitative estimate of drug-likeness (QED) is 0.240. The van der Waals surface area contributed by atoms with Crippen LogP contribution in [-0.2, 0) is 10.5 Å². The van der Waals surface area contributed by atoms with Gasteiger partial charge in [-0.2, -0.15) is 5.10 Å². The average Bonchev–Trinajstić information content (AvgIpc) is 2.85. The van der Waals surface area contributed by atoms with Crippen molar-refractivity contribution in [2.24, 2.45) is 15.9 Å². The number of nitrogens with one attached hydrogen (secondary N) is 1. The molecule has 0 aromatic heterocycles. The number of thioether (sulfide) groups is 1. The Morgan fingerprint density at radius 2 is 1.91 bits per heavy atom. The van der Waals surface area contributed by atoms with Gasteiger partial charge >= 0.3 is 0 Å². The number of hydrogen-bond donors (Lipinski definition) is 2.